The van der Waals surface area contributed by atoms with E-state index in [4.69, 9.17) is 15.9 Å². The first-order valence-corrected chi connectivity index (χ1v) is 2.75. The standard InChI is InChI=1S/C5H11NO3/c6-4(1-2-7)3-5(8)9/h4,7H,1-3,6H2,(H,8,9). The maximum Gasteiger partial charge on any atom is 0.304 e. The molecule has 0 heterocycles. The van der Waals surface area contributed by atoms with Crippen molar-refractivity contribution in [2.75, 3.05) is 6.61 Å². The fourth-order valence-corrected chi connectivity index (χ4v) is 0.492. The third kappa shape index (κ3) is 5.26. The minimum atomic E-state index is -0.920. The van der Waals surface area contributed by atoms with Crippen molar-refractivity contribution < 1.29 is 15.0 Å². The smallest absolute Gasteiger partial charge is 0.304 e. The number of carboxylic acid groups (broad SMARTS) is 1. The van der Waals surface area contributed by atoms with Crippen LogP contribution in [0.1, 0.15) is 12.8 Å². The molecule has 0 radical (unpaired) electrons. The first kappa shape index (κ1) is 8.39. The molecule has 0 aromatic heterocycles. The summed E-state index contributed by atoms with van der Waals surface area (Å²) < 4.78 is 0. The Labute approximate surface area is 53.3 Å². The molecule has 0 aromatic carbocycles. The predicted octanol–water partition coefficient (Wildman–Crippen LogP) is -0.829. The van der Waals surface area contributed by atoms with Gasteiger partial charge in [0.25, 0.3) is 0 Å². The zero-order chi connectivity index (χ0) is 7.28. The Hall–Kier alpha value is -0.610. The largest absolute Gasteiger partial charge is 0.481 e. The second-order valence-corrected chi connectivity index (χ2v) is 1.87. The van der Waals surface area contributed by atoms with Crippen LogP contribution in [0.2, 0.25) is 0 Å². The minimum absolute atomic E-state index is 0.0472. The topological polar surface area (TPSA) is 83.5 Å². The lowest BCUT2D eigenvalue weighted by molar-refractivity contribution is -0.137. The van der Waals surface area contributed by atoms with Gasteiger partial charge in [-0.15, -0.1) is 0 Å². The predicted molar refractivity (Wildman–Crippen MR) is 31.9 cm³/mol. The molecule has 4 N–H and O–H groups in total. The van der Waals surface area contributed by atoms with Crippen molar-refractivity contribution >= 4 is 5.97 Å². The van der Waals surface area contributed by atoms with Crippen molar-refractivity contribution in [2.24, 2.45) is 5.73 Å². The Kier molecular flexibility index (Phi) is 4.00. The number of aliphatic hydroxyl groups excluding tert-OH is 1. The minimum Gasteiger partial charge on any atom is -0.481 e. The molecule has 0 aliphatic heterocycles. The van der Waals surface area contributed by atoms with Gasteiger partial charge < -0.3 is 15.9 Å². The van der Waals surface area contributed by atoms with E-state index in [9.17, 15) is 4.79 Å². The van der Waals surface area contributed by atoms with Gasteiger partial charge in [0.15, 0.2) is 0 Å². The SMILES string of the molecule is NC(CCO)CC(=O)O. The first-order chi connectivity index (χ1) is 4.16. The number of carboxylic acids is 1. The Balaban J connectivity index is 3.26. The molecule has 0 saturated carbocycles. The van der Waals surface area contributed by atoms with Crippen LogP contribution in [0.25, 0.3) is 0 Å². The van der Waals surface area contributed by atoms with Gasteiger partial charge in [0, 0.05) is 12.6 Å². The fraction of sp³-hybridized carbons (Fsp3) is 0.800. The summed E-state index contributed by atoms with van der Waals surface area (Å²) in [4.78, 5) is 9.92. The van der Waals surface area contributed by atoms with E-state index in [1.807, 2.05) is 0 Å². The molecule has 0 amide bonds. The van der Waals surface area contributed by atoms with E-state index in [1.54, 1.807) is 0 Å². The Morgan fingerprint density at radius 2 is 2.22 bits per heavy atom. The molecule has 0 aliphatic rings. The van der Waals surface area contributed by atoms with Crippen molar-refractivity contribution in [3.8, 4) is 0 Å². The zero-order valence-electron chi connectivity index (χ0n) is 5.08. The van der Waals surface area contributed by atoms with Crippen LogP contribution in [0.15, 0.2) is 0 Å². The average Bonchev–Trinajstić information content (AvgIpc) is 1.63. The second kappa shape index (κ2) is 4.29. The van der Waals surface area contributed by atoms with Crippen molar-refractivity contribution in [3.05, 3.63) is 0 Å². The van der Waals surface area contributed by atoms with Gasteiger partial charge >= 0.3 is 5.97 Å². The van der Waals surface area contributed by atoms with Gasteiger partial charge in [-0.2, -0.15) is 0 Å². The summed E-state index contributed by atoms with van der Waals surface area (Å²) >= 11 is 0. The molecule has 0 bridgehead atoms. The molecular formula is C5H11NO3. The lowest BCUT2D eigenvalue weighted by Crippen LogP contribution is -2.24. The van der Waals surface area contributed by atoms with E-state index in [1.165, 1.54) is 0 Å². The van der Waals surface area contributed by atoms with Crippen LogP contribution in [0.3, 0.4) is 0 Å². The maximum atomic E-state index is 9.92. The Morgan fingerprint density at radius 3 is 2.56 bits per heavy atom. The summed E-state index contributed by atoms with van der Waals surface area (Å²) in [5.41, 5.74) is 5.24. The summed E-state index contributed by atoms with van der Waals surface area (Å²) in [7, 11) is 0. The number of rotatable bonds is 4. The maximum absolute atomic E-state index is 9.92. The number of aliphatic hydroxyl groups is 1. The fourth-order valence-electron chi connectivity index (χ4n) is 0.492. The van der Waals surface area contributed by atoms with E-state index in [0.29, 0.717) is 6.42 Å². The lowest BCUT2D eigenvalue weighted by Gasteiger charge is -2.03. The van der Waals surface area contributed by atoms with Gasteiger partial charge in [-0.3, -0.25) is 4.79 Å². The van der Waals surface area contributed by atoms with Crippen LogP contribution in [0, 0.1) is 0 Å². The first-order valence-electron chi connectivity index (χ1n) is 2.75. The third-order valence-electron chi connectivity index (χ3n) is 0.937. The van der Waals surface area contributed by atoms with Crippen LogP contribution >= 0.6 is 0 Å². The van der Waals surface area contributed by atoms with Gasteiger partial charge in [0.1, 0.15) is 0 Å². The van der Waals surface area contributed by atoms with Crippen LogP contribution in [-0.2, 0) is 4.79 Å². The highest BCUT2D eigenvalue weighted by molar-refractivity contribution is 5.67. The van der Waals surface area contributed by atoms with Crippen molar-refractivity contribution in [2.45, 2.75) is 18.9 Å². The molecule has 0 rings (SSSR count). The van der Waals surface area contributed by atoms with E-state index in [0.717, 1.165) is 0 Å². The van der Waals surface area contributed by atoms with Gasteiger partial charge in [-0.05, 0) is 6.42 Å². The van der Waals surface area contributed by atoms with E-state index >= 15 is 0 Å². The molecule has 0 aliphatic carbocycles. The highest BCUT2D eigenvalue weighted by atomic mass is 16.4. The lowest BCUT2D eigenvalue weighted by atomic mass is 10.2. The number of hydrogen-bond donors (Lipinski definition) is 3. The monoisotopic (exact) mass is 133 g/mol. The van der Waals surface area contributed by atoms with Crippen LogP contribution in [-0.4, -0.2) is 28.8 Å². The molecule has 1 atom stereocenters. The molecule has 0 aromatic rings. The highest BCUT2D eigenvalue weighted by Gasteiger charge is 2.05. The number of carbonyl (C=O) groups is 1. The van der Waals surface area contributed by atoms with E-state index in [-0.39, 0.29) is 13.0 Å². The van der Waals surface area contributed by atoms with Crippen molar-refractivity contribution in [3.63, 3.8) is 0 Å². The van der Waals surface area contributed by atoms with Crippen molar-refractivity contribution in [1.82, 2.24) is 0 Å². The molecule has 1 unspecified atom stereocenters. The van der Waals surface area contributed by atoms with Crippen LogP contribution < -0.4 is 5.73 Å². The van der Waals surface area contributed by atoms with Crippen LogP contribution in [0.5, 0.6) is 0 Å². The van der Waals surface area contributed by atoms with Gasteiger partial charge in [-0.1, -0.05) is 0 Å². The summed E-state index contributed by atoms with van der Waals surface area (Å²) in [6.07, 6.45) is 0.285. The zero-order valence-corrected chi connectivity index (χ0v) is 5.08. The molecule has 9 heavy (non-hydrogen) atoms. The van der Waals surface area contributed by atoms with E-state index < -0.39 is 12.0 Å². The molecule has 0 saturated heterocycles. The molecule has 4 heteroatoms. The second-order valence-electron chi connectivity index (χ2n) is 1.87. The number of nitrogens with two attached hydrogens (primary N) is 1. The summed E-state index contributed by atoms with van der Waals surface area (Å²) in [5.74, 6) is -0.920. The Bertz CT molecular complexity index is 94.2. The molecule has 4 nitrogen and oxygen atoms in total. The molecular weight excluding hydrogens is 122 g/mol. The summed E-state index contributed by atoms with van der Waals surface area (Å²) in [5, 5.41) is 16.4. The Morgan fingerprint density at radius 1 is 1.67 bits per heavy atom. The number of hydrogen-bond acceptors (Lipinski definition) is 3. The molecule has 0 fully saturated rings. The van der Waals surface area contributed by atoms with Gasteiger partial charge in [-0.25, -0.2) is 0 Å². The van der Waals surface area contributed by atoms with E-state index in [2.05, 4.69) is 0 Å². The summed E-state index contributed by atoms with van der Waals surface area (Å²) in [6, 6.07) is -0.410. The highest BCUT2D eigenvalue weighted by Crippen LogP contribution is 1.91. The quantitative estimate of drug-likeness (QED) is 0.467. The van der Waals surface area contributed by atoms with Gasteiger partial charge in [0.05, 0.1) is 6.42 Å². The van der Waals surface area contributed by atoms with Crippen LogP contribution in [0.4, 0.5) is 0 Å². The third-order valence-corrected chi connectivity index (χ3v) is 0.937. The summed E-state index contributed by atoms with van der Waals surface area (Å²) in [6.45, 7) is -0.0472. The van der Waals surface area contributed by atoms with Gasteiger partial charge in [0.2, 0.25) is 0 Å². The molecule has 0 spiro atoms. The van der Waals surface area contributed by atoms with Crippen molar-refractivity contribution in [1.29, 1.82) is 0 Å². The number of aliphatic carboxylic acids is 1. The normalized spacial score (nSPS) is 13.1. The molecule has 54 valence electrons. The average molecular weight is 133 g/mol.